The summed E-state index contributed by atoms with van der Waals surface area (Å²) in [5.74, 6) is 0.744. The van der Waals surface area contributed by atoms with E-state index in [2.05, 4.69) is 6.92 Å². The fourth-order valence-corrected chi connectivity index (χ4v) is 2.05. The summed E-state index contributed by atoms with van der Waals surface area (Å²) < 4.78 is 0. The Labute approximate surface area is 74.9 Å². The molecule has 0 saturated heterocycles. The van der Waals surface area contributed by atoms with Crippen molar-refractivity contribution in [3.05, 3.63) is 0 Å². The van der Waals surface area contributed by atoms with Crippen LogP contribution in [0.15, 0.2) is 0 Å². The summed E-state index contributed by atoms with van der Waals surface area (Å²) in [5.41, 5.74) is 0. The highest BCUT2D eigenvalue weighted by Crippen LogP contribution is 2.27. The van der Waals surface area contributed by atoms with E-state index in [9.17, 15) is 4.79 Å². The number of amides is 1. The SMILES string of the molecule is CC(C1CCCCC1)N(C)C=O. The second kappa shape index (κ2) is 4.48. The lowest BCUT2D eigenvalue weighted by molar-refractivity contribution is -0.119. The van der Waals surface area contributed by atoms with Crippen molar-refractivity contribution in [3.63, 3.8) is 0 Å². The average Bonchev–Trinajstić information content (AvgIpc) is 2.17. The third-order valence-electron chi connectivity index (χ3n) is 3.14. The molecule has 1 unspecified atom stereocenters. The van der Waals surface area contributed by atoms with Crippen molar-refractivity contribution in [3.8, 4) is 0 Å². The predicted molar refractivity (Wildman–Crippen MR) is 49.9 cm³/mol. The van der Waals surface area contributed by atoms with Crippen molar-refractivity contribution in [2.45, 2.75) is 45.1 Å². The van der Waals surface area contributed by atoms with Gasteiger partial charge >= 0.3 is 0 Å². The van der Waals surface area contributed by atoms with Crippen LogP contribution in [-0.4, -0.2) is 24.4 Å². The third-order valence-corrected chi connectivity index (χ3v) is 3.14. The van der Waals surface area contributed by atoms with Gasteiger partial charge in [-0.3, -0.25) is 4.79 Å². The van der Waals surface area contributed by atoms with Crippen LogP contribution in [0.5, 0.6) is 0 Å². The predicted octanol–water partition coefficient (Wildman–Crippen LogP) is 2.04. The maximum Gasteiger partial charge on any atom is 0.209 e. The van der Waals surface area contributed by atoms with Crippen LogP contribution in [-0.2, 0) is 4.79 Å². The minimum atomic E-state index is 0.433. The van der Waals surface area contributed by atoms with Crippen LogP contribution in [0, 0.1) is 5.92 Å². The minimum absolute atomic E-state index is 0.433. The molecule has 1 atom stereocenters. The van der Waals surface area contributed by atoms with Crippen LogP contribution in [0.2, 0.25) is 0 Å². The van der Waals surface area contributed by atoms with E-state index in [0.717, 1.165) is 12.3 Å². The Morgan fingerprint density at radius 3 is 2.42 bits per heavy atom. The summed E-state index contributed by atoms with van der Waals surface area (Å²) in [4.78, 5) is 12.3. The van der Waals surface area contributed by atoms with E-state index < -0.39 is 0 Å². The van der Waals surface area contributed by atoms with Gasteiger partial charge in [0.25, 0.3) is 0 Å². The van der Waals surface area contributed by atoms with Gasteiger partial charge in [0.05, 0.1) is 0 Å². The lowest BCUT2D eigenvalue weighted by Gasteiger charge is -2.32. The molecule has 1 saturated carbocycles. The van der Waals surface area contributed by atoms with E-state index in [1.807, 2.05) is 7.05 Å². The molecule has 2 nitrogen and oxygen atoms in total. The standard InChI is InChI=1S/C10H19NO/c1-9(11(2)8-12)10-6-4-3-5-7-10/h8-10H,3-7H2,1-2H3. The number of hydrogen-bond acceptors (Lipinski definition) is 1. The van der Waals surface area contributed by atoms with E-state index in [4.69, 9.17) is 0 Å². The van der Waals surface area contributed by atoms with Gasteiger partial charge in [-0.2, -0.15) is 0 Å². The second-order valence-corrected chi connectivity index (χ2v) is 3.91. The topological polar surface area (TPSA) is 20.3 Å². The summed E-state index contributed by atoms with van der Waals surface area (Å²) in [6.45, 7) is 2.16. The molecule has 0 spiro atoms. The van der Waals surface area contributed by atoms with Crippen LogP contribution in [0.1, 0.15) is 39.0 Å². The van der Waals surface area contributed by atoms with E-state index in [1.54, 1.807) is 4.90 Å². The van der Waals surface area contributed by atoms with Gasteiger partial charge < -0.3 is 4.90 Å². The Morgan fingerprint density at radius 1 is 1.33 bits per heavy atom. The van der Waals surface area contributed by atoms with Crippen molar-refractivity contribution in [1.29, 1.82) is 0 Å². The van der Waals surface area contributed by atoms with Gasteiger partial charge in [0, 0.05) is 13.1 Å². The van der Waals surface area contributed by atoms with Crippen LogP contribution in [0.4, 0.5) is 0 Å². The van der Waals surface area contributed by atoms with Crippen molar-refractivity contribution < 1.29 is 4.79 Å². The summed E-state index contributed by atoms with van der Waals surface area (Å²) >= 11 is 0. The van der Waals surface area contributed by atoms with Crippen LogP contribution in [0.3, 0.4) is 0 Å². The average molecular weight is 169 g/mol. The molecular formula is C10H19NO. The molecule has 0 N–H and O–H groups in total. The second-order valence-electron chi connectivity index (χ2n) is 3.91. The number of carbonyl (C=O) groups excluding carboxylic acids is 1. The van der Waals surface area contributed by atoms with Gasteiger partial charge in [-0.1, -0.05) is 19.3 Å². The van der Waals surface area contributed by atoms with Gasteiger partial charge in [0.1, 0.15) is 0 Å². The first kappa shape index (κ1) is 9.56. The Balaban J connectivity index is 2.38. The van der Waals surface area contributed by atoms with E-state index >= 15 is 0 Å². The zero-order valence-electron chi connectivity index (χ0n) is 8.12. The quantitative estimate of drug-likeness (QED) is 0.592. The fourth-order valence-electron chi connectivity index (χ4n) is 2.05. The molecule has 0 aromatic carbocycles. The molecule has 70 valence electrons. The van der Waals surface area contributed by atoms with Gasteiger partial charge in [0.15, 0.2) is 0 Å². The van der Waals surface area contributed by atoms with Crippen LogP contribution < -0.4 is 0 Å². The molecular weight excluding hydrogens is 150 g/mol. The lowest BCUT2D eigenvalue weighted by Crippen LogP contribution is -2.35. The lowest BCUT2D eigenvalue weighted by atomic mass is 9.84. The monoisotopic (exact) mass is 169 g/mol. The number of hydrogen-bond donors (Lipinski definition) is 0. The molecule has 0 heterocycles. The van der Waals surface area contributed by atoms with Crippen LogP contribution >= 0.6 is 0 Å². The molecule has 1 rings (SSSR count). The maximum atomic E-state index is 10.5. The van der Waals surface area contributed by atoms with Crippen LogP contribution in [0.25, 0.3) is 0 Å². The van der Waals surface area contributed by atoms with Gasteiger partial charge in [-0.25, -0.2) is 0 Å². The molecule has 1 amide bonds. The maximum absolute atomic E-state index is 10.5. The summed E-state index contributed by atoms with van der Waals surface area (Å²) in [6.07, 6.45) is 7.63. The molecule has 2 heteroatoms. The van der Waals surface area contributed by atoms with Gasteiger partial charge in [-0.15, -0.1) is 0 Å². The summed E-state index contributed by atoms with van der Waals surface area (Å²) in [6, 6.07) is 0.433. The van der Waals surface area contributed by atoms with Crippen molar-refractivity contribution >= 4 is 6.41 Å². The molecule has 0 aromatic heterocycles. The van der Waals surface area contributed by atoms with E-state index in [-0.39, 0.29) is 0 Å². The molecule has 1 aliphatic rings. The smallest absolute Gasteiger partial charge is 0.209 e. The molecule has 0 aromatic rings. The zero-order chi connectivity index (χ0) is 8.97. The van der Waals surface area contributed by atoms with Gasteiger partial charge in [0.2, 0.25) is 6.41 Å². The van der Waals surface area contributed by atoms with Crippen molar-refractivity contribution in [2.24, 2.45) is 5.92 Å². The van der Waals surface area contributed by atoms with E-state index in [0.29, 0.717) is 6.04 Å². The molecule has 0 bridgehead atoms. The normalized spacial score (nSPS) is 21.8. The van der Waals surface area contributed by atoms with Gasteiger partial charge in [-0.05, 0) is 25.7 Å². The first-order chi connectivity index (χ1) is 5.75. The Bertz CT molecular complexity index is 141. The number of carbonyl (C=O) groups is 1. The number of rotatable bonds is 3. The molecule has 0 aliphatic heterocycles. The fraction of sp³-hybridized carbons (Fsp3) is 0.900. The van der Waals surface area contributed by atoms with Crippen molar-refractivity contribution in [1.82, 2.24) is 4.90 Å². The molecule has 1 fully saturated rings. The highest BCUT2D eigenvalue weighted by molar-refractivity contribution is 5.46. The highest BCUT2D eigenvalue weighted by Gasteiger charge is 2.21. The third kappa shape index (κ3) is 2.23. The summed E-state index contributed by atoms with van der Waals surface area (Å²) in [7, 11) is 1.88. The van der Waals surface area contributed by atoms with Crippen molar-refractivity contribution in [2.75, 3.05) is 7.05 Å². The minimum Gasteiger partial charge on any atom is -0.345 e. The Kier molecular flexibility index (Phi) is 3.57. The highest BCUT2D eigenvalue weighted by atomic mass is 16.1. The first-order valence-corrected chi connectivity index (χ1v) is 4.93. The van der Waals surface area contributed by atoms with E-state index in [1.165, 1.54) is 32.1 Å². The molecule has 0 radical (unpaired) electrons. The zero-order valence-corrected chi connectivity index (χ0v) is 8.12. The largest absolute Gasteiger partial charge is 0.345 e. The summed E-state index contributed by atoms with van der Waals surface area (Å²) in [5, 5.41) is 0. The Hall–Kier alpha value is -0.530. The Morgan fingerprint density at radius 2 is 1.92 bits per heavy atom. The first-order valence-electron chi connectivity index (χ1n) is 4.93. The number of nitrogens with zero attached hydrogens (tertiary/aromatic N) is 1. The molecule has 1 aliphatic carbocycles. The molecule has 12 heavy (non-hydrogen) atoms.